The lowest BCUT2D eigenvalue weighted by atomic mass is 10.2. The molecule has 4 N–H and O–H groups in total. The number of thiophene rings is 1. The van der Waals surface area contributed by atoms with Gasteiger partial charge in [0.05, 0.1) is 0 Å². The van der Waals surface area contributed by atoms with Crippen LogP contribution in [0, 0.1) is 0 Å². The number of benzene rings is 1. The van der Waals surface area contributed by atoms with Crippen LogP contribution in [0.5, 0.6) is 0 Å². The van der Waals surface area contributed by atoms with Crippen LogP contribution < -0.4 is 21.5 Å². The lowest BCUT2D eigenvalue weighted by molar-refractivity contribution is -0.115. The molecule has 1 aromatic heterocycles. The van der Waals surface area contributed by atoms with Crippen molar-refractivity contribution in [2.24, 2.45) is 0 Å². The van der Waals surface area contributed by atoms with Crippen molar-refractivity contribution < 1.29 is 14.4 Å². The van der Waals surface area contributed by atoms with Crippen LogP contribution >= 0.6 is 23.6 Å². The van der Waals surface area contributed by atoms with Crippen molar-refractivity contribution in [2.75, 3.05) is 5.32 Å². The monoisotopic (exact) mass is 388 g/mol. The normalized spacial score (nSPS) is 10.2. The van der Waals surface area contributed by atoms with Gasteiger partial charge in [-0.1, -0.05) is 6.07 Å². The predicted molar refractivity (Wildman–Crippen MR) is 105 cm³/mol. The van der Waals surface area contributed by atoms with Crippen LogP contribution in [0.15, 0.2) is 47.9 Å². The van der Waals surface area contributed by atoms with Crippen LogP contribution in [-0.4, -0.2) is 22.8 Å². The number of nitrogens with one attached hydrogen (secondary N) is 4. The van der Waals surface area contributed by atoms with Crippen molar-refractivity contribution in [3.63, 3.8) is 0 Å². The van der Waals surface area contributed by atoms with Gasteiger partial charge in [0.1, 0.15) is 0 Å². The second kappa shape index (κ2) is 9.44. The Morgan fingerprint density at radius 3 is 2.42 bits per heavy atom. The van der Waals surface area contributed by atoms with Gasteiger partial charge < -0.3 is 5.32 Å². The van der Waals surface area contributed by atoms with E-state index in [0.717, 1.165) is 4.88 Å². The first-order chi connectivity index (χ1) is 12.4. The van der Waals surface area contributed by atoms with Gasteiger partial charge >= 0.3 is 0 Å². The van der Waals surface area contributed by atoms with E-state index in [2.05, 4.69) is 21.5 Å². The number of hydrogen-bond acceptors (Lipinski definition) is 5. The molecule has 7 nitrogen and oxygen atoms in total. The Morgan fingerprint density at radius 1 is 1.08 bits per heavy atom. The third-order valence-corrected chi connectivity index (χ3v) is 3.98. The van der Waals surface area contributed by atoms with Crippen LogP contribution in [0.25, 0.3) is 6.08 Å². The zero-order chi connectivity index (χ0) is 18.9. The molecule has 0 aliphatic carbocycles. The molecule has 0 bridgehead atoms. The number of amides is 3. The Labute approximate surface area is 159 Å². The lowest BCUT2D eigenvalue weighted by Crippen LogP contribution is -2.48. The predicted octanol–water partition coefficient (Wildman–Crippen LogP) is 2.06. The molecule has 0 spiro atoms. The minimum absolute atomic E-state index is 0.0333. The van der Waals surface area contributed by atoms with Crippen molar-refractivity contribution in [1.29, 1.82) is 0 Å². The molecule has 0 fully saturated rings. The van der Waals surface area contributed by atoms with Crippen LogP contribution in [0.4, 0.5) is 5.69 Å². The molecule has 9 heteroatoms. The minimum atomic E-state index is -0.440. The zero-order valence-corrected chi connectivity index (χ0v) is 15.4. The van der Waals surface area contributed by atoms with Crippen molar-refractivity contribution in [2.45, 2.75) is 6.92 Å². The van der Waals surface area contributed by atoms with Crippen molar-refractivity contribution in [1.82, 2.24) is 16.2 Å². The van der Waals surface area contributed by atoms with E-state index in [1.807, 2.05) is 17.5 Å². The van der Waals surface area contributed by atoms with Crippen LogP contribution in [0.2, 0.25) is 0 Å². The highest BCUT2D eigenvalue weighted by molar-refractivity contribution is 7.80. The van der Waals surface area contributed by atoms with E-state index in [0.29, 0.717) is 11.3 Å². The molecule has 2 rings (SSSR count). The summed E-state index contributed by atoms with van der Waals surface area (Å²) in [5, 5.41) is 6.89. The molecular weight excluding hydrogens is 372 g/mol. The number of hydrogen-bond donors (Lipinski definition) is 4. The molecule has 0 saturated carbocycles. The molecular formula is C17H16N4O3S2. The summed E-state index contributed by atoms with van der Waals surface area (Å²) in [5.41, 5.74) is 5.78. The maximum Gasteiger partial charge on any atom is 0.269 e. The third-order valence-electron chi connectivity index (χ3n) is 2.94. The highest BCUT2D eigenvalue weighted by Crippen LogP contribution is 2.10. The van der Waals surface area contributed by atoms with Crippen LogP contribution in [0.3, 0.4) is 0 Å². The fourth-order valence-electron chi connectivity index (χ4n) is 1.82. The summed E-state index contributed by atoms with van der Waals surface area (Å²) in [4.78, 5) is 35.6. The zero-order valence-electron chi connectivity index (χ0n) is 13.7. The van der Waals surface area contributed by atoms with E-state index >= 15 is 0 Å². The van der Waals surface area contributed by atoms with E-state index in [9.17, 15) is 14.4 Å². The number of rotatable bonds is 4. The summed E-state index contributed by atoms with van der Waals surface area (Å²) in [6.07, 6.45) is 3.01. The number of hydrazine groups is 1. The van der Waals surface area contributed by atoms with E-state index in [4.69, 9.17) is 12.2 Å². The number of thiocarbonyl (C=S) groups is 1. The van der Waals surface area contributed by atoms with Gasteiger partial charge in [0.15, 0.2) is 5.11 Å². The second-order valence-corrected chi connectivity index (χ2v) is 6.39. The Bertz CT molecular complexity index is 830. The molecule has 3 amide bonds. The Morgan fingerprint density at radius 2 is 1.81 bits per heavy atom. The number of carbonyl (C=O) groups excluding carboxylic acids is 3. The molecule has 134 valence electrons. The first-order valence-corrected chi connectivity index (χ1v) is 8.73. The third kappa shape index (κ3) is 6.46. The van der Waals surface area contributed by atoms with Gasteiger partial charge in [0.25, 0.3) is 5.91 Å². The molecule has 0 atom stereocenters. The van der Waals surface area contributed by atoms with Gasteiger partial charge in [-0.15, -0.1) is 11.3 Å². The molecule has 1 heterocycles. The fraction of sp³-hybridized carbons (Fsp3) is 0.0588. The van der Waals surface area contributed by atoms with E-state index in [-0.39, 0.29) is 11.0 Å². The van der Waals surface area contributed by atoms with Crippen LogP contribution in [-0.2, 0) is 9.59 Å². The Balaban J connectivity index is 1.78. The van der Waals surface area contributed by atoms with Gasteiger partial charge in [0, 0.05) is 29.1 Å². The van der Waals surface area contributed by atoms with Crippen molar-refractivity contribution in [3.8, 4) is 0 Å². The van der Waals surface area contributed by atoms with Crippen molar-refractivity contribution in [3.05, 3.63) is 58.3 Å². The maximum absolute atomic E-state index is 12.0. The smallest absolute Gasteiger partial charge is 0.269 e. The van der Waals surface area contributed by atoms with E-state index in [1.54, 1.807) is 30.3 Å². The molecule has 2 aromatic rings. The lowest BCUT2D eigenvalue weighted by Gasteiger charge is -2.10. The molecule has 0 unspecified atom stereocenters. The molecule has 1 aromatic carbocycles. The van der Waals surface area contributed by atoms with E-state index in [1.165, 1.54) is 24.3 Å². The molecule has 0 aliphatic rings. The van der Waals surface area contributed by atoms with Gasteiger partial charge in [0.2, 0.25) is 11.8 Å². The molecule has 0 saturated heterocycles. The summed E-state index contributed by atoms with van der Waals surface area (Å²) in [6.45, 7) is 1.40. The maximum atomic E-state index is 12.0. The SMILES string of the molecule is CC(=O)Nc1ccc(C(=O)NNC(=S)NC(=O)/C=C/c2cccs2)cc1. The Kier molecular flexibility index (Phi) is 7.01. The average Bonchev–Trinajstić information content (AvgIpc) is 3.11. The highest BCUT2D eigenvalue weighted by atomic mass is 32.1. The first-order valence-electron chi connectivity index (χ1n) is 7.44. The van der Waals surface area contributed by atoms with Gasteiger partial charge in [-0.05, 0) is 54.0 Å². The van der Waals surface area contributed by atoms with Gasteiger partial charge in [-0.3, -0.25) is 30.6 Å². The largest absolute Gasteiger partial charge is 0.326 e. The molecule has 0 aliphatic heterocycles. The highest BCUT2D eigenvalue weighted by Gasteiger charge is 2.07. The summed E-state index contributed by atoms with van der Waals surface area (Å²) < 4.78 is 0. The number of carbonyl (C=O) groups is 3. The summed E-state index contributed by atoms with van der Waals surface area (Å²) in [5.74, 6) is -1.05. The summed E-state index contributed by atoms with van der Waals surface area (Å²) in [7, 11) is 0. The molecule has 0 radical (unpaired) electrons. The van der Waals surface area contributed by atoms with E-state index < -0.39 is 11.8 Å². The van der Waals surface area contributed by atoms with Gasteiger partial charge in [-0.25, -0.2) is 0 Å². The Hall–Kier alpha value is -3.04. The summed E-state index contributed by atoms with van der Waals surface area (Å²) >= 11 is 6.45. The van der Waals surface area contributed by atoms with Crippen LogP contribution in [0.1, 0.15) is 22.2 Å². The topological polar surface area (TPSA) is 99.3 Å². The van der Waals surface area contributed by atoms with Crippen molar-refractivity contribution >= 4 is 58.2 Å². The first kappa shape index (κ1) is 19.3. The molecule has 26 heavy (non-hydrogen) atoms. The fourth-order valence-corrected chi connectivity index (χ4v) is 2.59. The number of anilines is 1. The second-order valence-electron chi connectivity index (χ2n) is 5.00. The standard InChI is InChI=1S/C17H16N4O3S2/c1-11(22)18-13-6-4-12(5-7-13)16(24)20-21-17(25)19-15(23)9-8-14-3-2-10-26-14/h2-10H,1H3,(H,18,22)(H,20,24)(H2,19,21,23,25)/b9-8+. The quantitative estimate of drug-likeness (QED) is 0.365. The minimum Gasteiger partial charge on any atom is -0.326 e. The average molecular weight is 388 g/mol. The summed E-state index contributed by atoms with van der Waals surface area (Å²) in [6, 6.07) is 10.1. The van der Waals surface area contributed by atoms with Gasteiger partial charge in [-0.2, -0.15) is 0 Å².